The molecule has 2 aliphatic heterocycles. The van der Waals surface area contributed by atoms with E-state index in [2.05, 4.69) is 10.0 Å². The van der Waals surface area contributed by atoms with Crippen LogP contribution in [0.25, 0.3) is 10.8 Å². The topological polar surface area (TPSA) is 103 Å². The van der Waals surface area contributed by atoms with Gasteiger partial charge < -0.3 is 14.2 Å². The summed E-state index contributed by atoms with van der Waals surface area (Å²) in [6, 6.07) is 21.8. The van der Waals surface area contributed by atoms with Gasteiger partial charge in [-0.1, -0.05) is 66.7 Å². The highest BCUT2D eigenvalue weighted by molar-refractivity contribution is 7.88. The number of hydrogen-bond donors (Lipinski definition) is 2. The maximum atomic E-state index is 12.6. The van der Waals surface area contributed by atoms with Crippen molar-refractivity contribution in [2.24, 2.45) is 0 Å². The lowest BCUT2D eigenvalue weighted by Crippen LogP contribution is -2.44. The quantitative estimate of drug-likeness (QED) is 0.577. The normalized spacial score (nSPS) is 24.5. The molecule has 172 valence electrons. The molecule has 33 heavy (non-hydrogen) atoms. The first-order valence-electron chi connectivity index (χ1n) is 10.7. The number of benzene rings is 3. The molecule has 2 fully saturated rings. The molecule has 3 aromatic rings. The molecule has 0 radical (unpaired) electrons. The van der Waals surface area contributed by atoms with Crippen LogP contribution in [0.15, 0.2) is 72.8 Å². The van der Waals surface area contributed by atoms with E-state index in [1.807, 2.05) is 42.5 Å². The van der Waals surface area contributed by atoms with Crippen molar-refractivity contribution in [3.05, 3.63) is 78.4 Å². The molecular formula is C24H24N2O6S. The summed E-state index contributed by atoms with van der Waals surface area (Å²) in [5, 5.41) is 4.69. The third-order valence-electron chi connectivity index (χ3n) is 5.82. The maximum Gasteiger partial charge on any atom is 0.412 e. The molecule has 8 nitrogen and oxygen atoms in total. The molecule has 0 saturated carbocycles. The van der Waals surface area contributed by atoms with Crippen LogP contribution in [0.5, 0.6) is 0 Å². The maximum absolute atomic E-state index is 12.6. The zero-order valence-corrected chi connectivity index (χ0v) is 18.5. The molecule has 0 unspecified atom stereocenters. The molecule has 1 amide bonds. The summed E-state index contributed by atoms with van der Waals surface area (Å²) >= 11 is 0. The van der Waals surface area contributed by atoms with Crippen molar-refractivity contribution in [3.8, 4) is 0 Å². The Bertz CT molecular complexity index is 1240. The third-order valence-corrected chi connectivity index (χ3v) is 7.20. The molecule has 2 aliphatic rings. The summed E-state index contributed by atoms with van der Waals surface area (Å²) in [6.07, 6.45) is -2.30. The van der Waals surface area contributed by atoms with Crippen LogP contribution in [-0.4, -0.2) is 52.1 Å². The van der Waals surface area contributed by atoms with Gasteiger partial charge in [-0.3, -0.25) is 5.32 Å². The summed E-state index contributed by atoms with van der Waals surface area (Å²) in [6.45, 7) is 0.281. The zero-order valence-electron chi connectivity index (χ0n) is 17.7. The monoisotopic (exact) mass is 468 g/mol. The van der Waals surface area contributed by atoms with Gasteiger partial charge in [0, 0.05) is 5.39 Å². The lowest BCUT2D eigenvalue weighted by atomic mass is 10.1. The van der Waals surface area contributed by atoms with Gasteiger partial charge in [0.1, 0.15) is 12.2 Å². The molecule has 2 heterocycles. The predicted molar refractivity (Wildman–Crippen MR) is 123 cm³/mol. The Kier molecular flexibility index (Phi) is 6.03. The van der Waals surface area contributed by atoms with Crippen molar-refractivity contribution < 1.29 is 27.4 Å². The summed E-state index contributed by atoms with van der Waals surface area (Å²) in [5.74, 6) is -0.130. The van der Waals surface area contributed by atoms with E-state index < -0.39 is 40.5 Å². The van der Waals surface area contributed by atoms with Crippen LogP contribution in [0.4, 0.5) is 10.5 Å². The van der Waals surface area contributed by atoms with Crippen molar-refractivity contribution in [1.29, 1.82) is 0 Å². The van der Waals surface area contributed by atoms with Crippen molar-refractivity contribution >= 4 is 32.6 Å². The van der Waals surface area contributed by atoms with Crippen molar-refractivity contribution in [2.45, 2.75) is 30.1 Å². The lowest BCUT2D eigenvalue weighted by Gasteiger charge is -2.18. The van der Waals surface area contributed by atoms with Gasteiger partial charge in [-0.05, 0) is 17.0 Å². The van der Waals surface area contributed by atoms with E-state index >= 15 is 0 Å². The van der Waals surface area contributed by atoms with Crippen molar-refractivity contribution in [2.75, 3.05) is 18.5 Å². The van der Waals surface area contributed by atoms with Gasteiger partial charge in [0.25, 0.3) is 0 Å². The molecule has 0 aliphatic carbocycles. The van der Waals surface area contributed by atoms with Gasteiger partial charge in [-0.15, -0.1) is 0 Å². The second-order valence-corrected chi connectivity index (χ2v) is 9.91. The van der Waals surface area contributed by atoms with E-state index in [9.17, 15) is 13.2 Å². The summed E-state index contributed by atoms with van der Waals surface area (Å²) in [5.41, 5.74) is 1.34. The first-order chi connectivity index (χ1) is 16.0. The highest BCUT2D eigenvalue weighted by Crippen LogP contribution is 2.30. The van der Waals surface area contributed by atoms with Crippen LogP contribution in [-0.2, 0) is 30.0 Å². The number of carbonyl (C=O) groups is 1. The molecule has 2 N–H and O–H groups in total. The minimum atomic E-state index is -3.59. The third kappa shape index (κ3) is 4.86. The van der Waals surface area contributed by atoms with Gasteiger partial charge in [0.05, 0.1) is 30.7 Å². The van der Waals surface area contributed by atoms with Crippen LogP contribution < -0.4 is 10.0 Å². The van der Waals surface area contributed by atoms with Gasteiger partial charge in [0.2, 0.25) is 10.0 Å². The smallest absolute Gasteiger partial charge is 0.412 e. The van der Waals surface area contributed by atoms with E-state index in [1.165, 1.54) is 0 Å². The number of hydrogen-bond acceptors (Lipinski definition) is 6. The number of carbonyl (C=O) groups excluding carboxylic acids is 1. The number of nitrogens with one attached hydrogen (secondary N) is 2. The minimum Gasteiger partial charge on any atom is -0.441 e. The van der Waals surface area contributed by atoms with Gasteiger partial charge >= 0.3 is 6.09 Å². The zero-order chi connectivity index (χ0) is 22.8. The number of ether oxygens (including phenoxy) is 3. The average molecular weight is 469 g/mol. The van der Waals surface area contributed by atoms with Gasteiger partial charge in [-0.2, -0.15) is 0 Å². The molecule has 0 bridgehead atoms. The van der Waals surface area contributed by atoms with Crippen LogP contribution in [0, 0.1) is 0 Å². The molecular weight excluding hydrogens is 444 g/mol. The second kappa shape index (κ2) is 9.11. The predicted octanol–water partition coefficient (Wildman–Crippen LogP) is 3.04. The molecule has 9 heteroatoms. The summed E-state index contributed by atoms with van der Waals surface area (Å²) < 4.78 is 45.0. The fraction of sp³-hybridized carbons (Fsp3) is 0.292. The second-order valence-electron chi connectivity index (χ2n) is 8.16. The summed E-state index contributed by atoms with van der Waals surface area (Å²) in [7, 11) is -3.59. The largest absolute Gasteiger partial charge is 0.441 e. The fourth-order valence-electron chi connectivity index (χ4n) is 4.34. The van der Waals surface area contributed by atoms with E-state index in [-0.39, 0.29) is 19.0 Å². The van der Waals surface area contributed by atoms with Crippen molar-refractivity contribution in [1.82, 2.24) is 4.72 Å². The average Bonchev–Trinajstić information content (AvgIpc) is 3.37. The molecule has 0 aromatic heterocycles. The SMILES string of the molecule is O=C(Nc1cccc2ccccc12)O[C@@H]1CO[C@H]2[C@H]1OC[C@H]2NS(=O)(=O)Cc1ccccc1. The molecule has 5 rings (SSSR count). The Labute approximate surface area is 191 Å². The van der Waals surface area contributed by atoms with Gasteiger partial charge in [-0.25, -0.2) is 17.9 Å². The van der Waals surface area contributed by atoms with Crippen molar-refractivity contribution in [3.63, 3.8) is 0 Å². The van der Waals surface area contributed by atoms with Crippen LogP contribution in [0.2, 0.25) is 0 Å². The van der Waals surface area contributed by atoms with E-state index in [1.54, 1.807) is 30.3 Å². The van der Waals surface area contributed by atoms with Crippen LogP contribution >= 0.6 is 0 Å². The molecule has 2 saturated heterocycles. The number of anilines is 1. The summed E-state index contributed by atoms with van der Waals surface area (Å²) in [4.78, 5) is 12.6. The van der Waals surface area contributed by atoms with Crippen LogP contribution in [0.1, 0.15) is 5.56 Å². The van der Waals surface area contributed by atoms with Gasteiger partial charge in [0.15, 0.2) is 6.10 Å². The Morgan fingerprint density at radius 3 is 2.48 bits per heavy atom. The fourth-order valence-corrected chi connectivity index (χ4v) is 5.72. The number of rotatable bonds is 6. The Hall–Kier alpha value is -2.98. The van der Waals surface area contributed by atoms with E-state index in [0.29, 0.717) is 11.3 Å². The number of amides is 1. The Morgan fingerprint density at radius 2 is 1.64 bits per heavy atom. The Morgan fingerprint density at radius 1 is 0.909 bits per heavy atom. The van der Waals surface area contributed by atoms with E-state index in [0.717, 1.165) is 10.8 Å². The standard InChI is InChI=1S/C24H24N2O6S/c27-24(25-19-12-6-10-17-9-4-5-11-18(17)19)32-21-14-31-22-20(13-30-23(21)22)26-33(28,29)15-16-7-2-1-3-8-16/h1-12,20-23,26H,13-15H2,(H,25,27)/t20-,21-,22-,23+/m1/s1. The first-order valence-corrected chi connectivity index (χ1v) is 12.4. The minimum absolute atomic E-state index is 0.130. The number of fused-ring (bicyclic) bond motifs is 2. The molecule has 4 atom stereocenters. The Balaban J connectivity index is 1.19. The lowest BCUT2D eigenvalue weighted by molar-refractivity contribution is 0.00884. The highest BCUT2D eigenvalue weighted by Gasteiger charge is 2.50. The number of sulfonamides is 1. The van der Waals surface area contributed by atoms with Crippen LogP contribution in [0.3, 0.4) is 0 Å². The first kappa shape index (κ1) is 21.8. The van der Waals surface area contributed by atoms with E-state index in [4.69, 9.17) is 14.2 Å². The highest BCUT2D eigenvalue weighted by atomic mass is 32.2. The molecule has 3 aromatic carbocycles. The molecule has 0 spiro atoms.